The second-order valence-corrected chi connectivity index (χ2v) is 11.7. The molecule has 2 atom stereocenters. The highest BCUT2D eigenvalue weighted by Crippen LogP contribution is 2.44. The monoisotopic (exact) mass is 472 g/mol. The molecule has 33 heavy (non-hydrogen) atoms. The van der Waals surface area contributed by atoms with Crippen molar-refractivity contribution in [3.05, 3.63) is 35.8 Å². The molecule has 0 bridgehead atoms. The van der Waals surface area contributed by atoms with Crippen molar-refractivity contribution in [1.29, 1.82) is 0 Å². The number of nitrogens with zero attached hydrogens (tertiary/aromatic N) is 5. The molecule has 11 heteroatoms. The van der Waals surface area contributed by atoms with Gasteiger partial charge in [0, 0.05) is 6.26 Å². The molecule has 2 aliphatic heterocycles. The minimum absolute atomic E-state index is 0.0216. The van der Waals surface area contributed by atoms with Gasteiger partial charge in [-0.2, -0.15) is 4.98 Å². The molecule has 0 unspecified atom stereocenters. The Morgan fingerprint density at radius 1 is 1.15 bits per heavy atom. The Morgan fingerprint density at radius 2 is 1.91 bits per heavy atom. The van der Waals surface area contributed by atoms with E-state index in [-0.39, 0.29) is 18.6 Å². The summed E-state index contributed by atoms with van der Waals surface area (Å²) in [6.45, 7) is 6.94. The SMILES string of the molecule is C[C@H]1COC[C@@H]2COc3c(nc(-n4c(CN)nc5ccccc54)nc3C(C)(C)S(C)(=O)=O)N21. The molecular formula is C22H28N6O4S. The van der Waals surface area contributed by atoms with Crippen LogP contribution in [0, 0.1) is 0 Å². The van der Waals surface area contributed by atoms with Crippen LogP contribution in [0.4, 0.5) is 5.82 Å². The number of nitrogens with two attached hydrogens (primary N) is 1. The van der Waals surface area contributed by atoms with Gasteiger partial charge in [-0.3, -0.25) is 4.57 Å². The number of benzene rings is 1. The molecule has 2 aliphatic rings. The zero-order chi connectivity index (χ0) is 23.5. The fraction of sp³-hybridized carbons (Fsp3) is 0.500. The molecule has 0 spiro atoms. The van der Waals surface area contributed by atoms with Crippen molar-refractivity contribution in [2.45, 2.75) is 44.1 Å². The lowest BCUT2D eigenvalue weighted by Crippen LogP contribution is -2.56. The van der Waals surface area contributed by atoms with Gasteiger partial charge in [-0.05, 0) is 32.9 Å². The molecule has 176 valence electrons. The summed E-state index contributed by atoms with van der Waals surface area (Å²) in [6, 6.07) is 7.64. The fourth-order valence-electron chi connectivity index (χ4n) is 4.44. The maximum absolute atomic E-state index is 12.8. The number of aromatic nitrogens is 4. The van der Waals surface area contributed by atoms with Crippen LogP contribution in [0.1, 0.15) is 32.3 Å². The Balaban J connectivity index is 1.83. The quantitative estimate of drug-likeness (QED) is 0.602. The van der Waals surface area contributed by atoms with Crippen LogP contribution >= 0.6 is 0 Å². The second kappa shape index (κ2) is 7.64. The molecule has 5 rings (SSSR count). The number of hydrogen-bond donors (Lipinski definition) is 1. The van der Waals surface area contributed by atoms with Crippen molar-refractivity contribution in [3.63, 3.8) is 0 Å². The summed E-state index contributed by atoms with van der Waals surface area (Å²) in [4.78, 5) is 16.5. The van der Waals surface area contributed by atoms with Crippen LogP contribution in [-0.2, 0) is 25.9 Å². The first-order chi connectivity index (χ1) is 15.6. The standard InChI is InChI=1S/C22H28N6O4S/c1-13-10-31-11-14-12-32-18-19(22(2,3)33(4,29)30)25-21(26-20(18)27(13)14)28-16-8-6-5-7-15(16)24-17(28)9-23/h5-8,13-14H,9-12,23H2,1-4H3/t13-,14+/m0/s1. The second-order valence-electron chi connectivity index (χ2n) is 9.12. The highest BCUT2D eigenvalue weighted by Gasteiger charge is 2.44. The summed E-state index contributed by atoms with van der Waals surface area (Å²) < 4.78 is 38.0. The van der Waals surface area contributed by atoms with Gasteiger partial charge in [0.2, 0.25) is 5.95 Å². The van der Waals surface area contributed by atoms with E-state index in [0.29, 0.717) is 48.9 Å². The van der Waals surface area contributed by atoms with Gasteiger partial charge in [0.1, 0.15) is 22.9 Å². The third kappa shape index (κ3) is 3.37. The van der Waals surface area contributed by atoms with Gasteiger partial charge in [0.15, 0.2) is 21.4 Å². The predicted molar refractivity (Wildman–Crippen MR) is 124 cm³/mol. The van der Waals surface area contributed by atoms with Crippen molar-refractivity contribution in [2.24, 2.45) is 5.73 Å². The van der Waals surface area contributed by atoms with E-state index in [0.717, 1.165) is 11.0 Å². The number of fused-ring (bicyclic) bond motifs is 4. The lowest BCUT2D eigenvalue weighted by Gasteiger charge is -2.45. The number of anilines is 1. The molecule has 0 amide bonds. The molecule has 3 aromatic rings. The summed E-state index contributed by atoms with van der Waals surface area (Å²) in [7, 11) is -3.54. The van der Waals surface area contributed by atoms with E-state index >= 15 is 0 Å². The number of imidazole rings is 1. The molecule has 1 aromatic carbocycles. The summed E-state index contributed by atoms with van der Waals surface area (Å²) >= 11 is 0. The third-order valence-corrected chi connectivity index (χ3v) is 8.60. The first kappa shape index (κ1) is 22.1. The minimum Gasteiger partial charge on any atom is -0.486 e. The van der Waals surface area contributed by atoms with E-state index in [1.165, 1.54) is 6.26 Å². The molecule has 4 heterocycles. The topological polar surface area (TPSA) is 125 Å². The van der Waals surface area contributed by atoms with Gasteiger partial charge < -0.3 is 20.1 Å². The Kier molecular flexibility index (Phi) is 5.11. The normalized spacial score (nSPS) is 20.9. The van der Waals surface area contributed by atoms with Crippen molar-refractivity contribution < 1.29 is 17.9 Å². The van der Waals surface area contributed by atoms with Crippen LogP contribution in [0.25, 0.3) is 17.0 Å². The Morgan fingerprint density at radius 3 is 2.64 bits per heavy atom. The van der Waals surface area contributed by atoms with Gasteiger partial charge in [-0.25, -0.2) is 18.4 Å². The smallest absolute Gasteiger partial charge is 0.238 e. The predicted octanol–water partition coefficient (Wildman–Crippen LogP) is 1.54. The maximum atomic E-state index is 12.8. The Labute approximate surface area is 192 Å². The molecule has 0 aliphatic carbocycles. The van der Waals surface area contributed by atoms with Gasteiger partial charge in [0.05, 0.1) is 42.9 Å². The minimum atomic E-state index is -3.54. The zero-order valence-electron chi connectivity index (χ0n) is 19.1. The molecule has 0 radical (unpaired) electrons. The largest absolute Gasteiger partial charge is 0.486 e. The maximum Gasteiger partial charge on any atom is 0.238 e. The number of morpholine rings is 1. The van der Waals surface area contributed by atoms with E-state index in [1.807, 2.05) is 24.3 Å². The molecule has 2 aromatic heterocycles. The van der Waals surface area contributed by atoms with E-state index < -0.39 is 14.6 Å². The van der Waals surface area contributed by atoms with Crippen molar-refractivity contribution in [1.82, 2.24) is 19.5 Å². The van der Waals surface area contributed by atoms with Crippen LogP contribution in [0.3, 0.4) is 0 Å². The lowest BCUT2D eigenvalue weighted by atomic mass is 10.0. The van der Waals surface area contributed by atoms with E-state index in [9.17, 15) is 8.42 Å². The van der Waals surface area contributed by atoms with Gasteiger partial charge in [0.25, 0.3) is 0 Å². The number of ether oxygens (including phenoxy) is 2. The first-order valence-corrected chi connectivity index (χ1v) is 12.8. The van der Waals surface area contributed by atoms with E-state index in [4.69, 9.17) is 25.2 Å². The number of para-hydroxylation sites is 2. The zero-order valence-corrected chi connectivity index (χ0v) is 20.0. The summed E-state index contributed by atoms with van der Waals surface area (Å²) in [5, 5.41) is 0. The van der Waals surface area contributed by atoms with Crippen LogP contribution < -0.4 is 15.4 Å². The van der Waals surface area contributed by atoms with Crippen LogP contribution in [0.15, 0.2) is 24.3 Å². The summed E-state index contributed by atoms with van der Waals surface area (Å²) in [5.41, 5.74) is 7.90. The van der Waals surface area contributed by atoms with Gasteiger partial charge in [-0.1, -0.05) is 12.1 Å². The summed E-state index contributed by atoms with van der Waals surface area (Å²) in [6.07, 6.45) is 1.21. The van der Waals surface area contributed by atoms with Crippen molar-refractivity contribution in [3.8, 4) is 11.7 Å². The molecule has 2 N–H and O–H groups in total. The molecule has 1 fully saturated rings. The number of sulfone groups is 1. The third-order valence-electron chi connectivity index (χ3n) is 6.55. The van der Waals surface area contributed by atoms with Crippen LogP contribution in [-0.4, -0.2) is 66.1 Å². The van der Waals surface area contributed by atoms with Crippen LogP contribution in [0.2, 0.25) is 0 Å². The van der Waals surface area contributed by atoms with Crippen molar-refractivity contribution in [2.75, 3.05) is 31.0 Å². The number of rotatable bonds is 4. The lowest BCUT2D eigenvalue weighted by molar-refractivity contribution is 0.0482. The summed E-state index contributed by atoms with van der Waals surface area (Å²) in [5.74, 6) is 1.87. The average Bonchev–Trinajstić information content (AvgIpc) is 3.16. The highest BCUT2D eigenvalue weighted by molar-refractivity contribution is 7.91. The van der Waals surface area contributed by atoms with Crippen molar-refractivity contribution >= 4 is 26.7 Å². The fourth-order valence-corrected chi connectivity index (χ4v) is 4.93. The van der Waals surface area contributed by atoms with Gasteiger partial charge in [-0.15, -0.1) is 0 Å². The van der Waals surface area contributed by atoms with E-state index in [1.54, 1.807) is 18.4 Å². The molecule has 1 saturated heterocycles. The molecule has 10 nitrogen and oxygen atoms in total. The highest BCUT2D eigenvalue weighted by atomic mass is 32.2. The Hall–Kier alpha value is -2.76. The number of hydrogen-bond acceptors (Lipinski definition) is 9. The Bertz CT molecular complexity index is 1340. The molecular weight excluding hydrogens is 444 g/mol. The molecule has 0 saturated carbocycles. The van der Waals surface area contributed by atoms with Gasteiger partial charge >= 0.3 is 0 Å². The van der Waals surface area contributed by atoms with Crippen LogP contribution in [0.5, 0.6) is 5.75 Å². The van der Waals surface area contributed by atoms with E-state index in [2.05, 4.69) is 16.8 Å². The first-order valence-electron chi connectivity index (χ1n) is 10.9. The average molecular weight is 473 g/mol.